The summed E-state index contributed by atoms with van der Waals surface area (Å²) in [4.78, 5) is 35.8. The van der Waals surface area contributed by atoms with Gasteiger partial charge in [0.25, 0.3) is 0 Å². The fourth-order valence-electron chi connectivity index (χ4n) is 2.70. The third-order valence-corrected chi connectivity index (χ3v) is 3.91. The Hall–Kier alpha value is -2.83. The van der Waals surface area contributed by atoms with Crippen LogP contribution in [0.3, 0.4) is 0 Å². The van der Waals surface area contributed by atoms with Gasteiger partial charge in [-0.3, -0.25) is 9.69 Å². The van der Waals surface area contributed by atoms with E-state index in [9.17, 15) is 14.4 Å². The van der Waals surface area contributed by atoms with Gasteiger partial charge in [0, 0.05) is 25.1 Å². The molecule has 0 aromatic heterocycles. The van der Waals surface area contributed by atoms with Gasteiger partial charge in [0.2, 0.25) is 5.91 Å². The highest BCUT2D eigenvalue weighted by molar-refractivity contribution is 5.93. The van der Waals surface area contributed by atoms with Crippen LogP contribution in [0.4, 0.5) is 10.5 Å². The van der Waals surface area contributed by atoms with E-state index in [0.29, 0.717) is 31.8 Å². The molecule has 7 heteroatoms. The van der Waals surface area contributed by atoms with E-state index in [0.717, 1.165) is 11.1 Å². The molecule has 0 unspecified atom stereocenters. The van der Waals surface area contributed by atoms with Crippen molar-refractivity contribution >= 4 is 29.2 Å². The molecule has 126 valence electrons. The summed E-state index contributed by atoms with van der Waals surface area (Å²) in [5, 5.41) is 2.64. The highest BCUT2D eigenvalue weighted by atomic mass is 16.6. The summed E-state index contributed by atoms with van der Waals surface area (Å²) >= 11 is 0. The molecular weight excluding hydrogens is 312 g/mol. The lowest BCUT2D eigenvalue weighted by molar-refractivity contribution is -0.138. The molecule has 0 radical (unpaired) electrons. The lowest BCUT2D eigenvalue weighted by Gasteiger charge is -2.16. The van der Waals surface area contributed by atoms with Gasteiger partial charge in [-0.25, -0.2) is 9.59 Å². The van der Waals surface area contributed by atoms with Crippen LogP contribution in [0.1, 0.15) is 18.9 Å². The van der Waals surface area contributed by atoms with E-state index in [1.54, 1.807) is 0 Å². The van der Waals surface area contributed by atoms with Crippen molar-refractivity contribution in [2.45, 2.75) is 19.4 Å². The summed E-state index contributed by atoms with van der Waals surface area (Å²) in [6.45, 7) is 2.48. The van der Waals surface area contributed by atoms with E-state index < -0.39 is 6.09 Å². The summed E-state index contributed by atoms with van der Waals surface area (Å²) in [6.07, 6.45) is 1.37. The number of hydrogen-bond acceptors (Lipinski definition) is 5. The van der Waals surface area contributed by atoms with Gasteiger partial charge < -0.3 is 14.8 Å². The molecular formula is C17H18N2O5. The van der Waals surface area contributed by atoms with Gasteiger partial charge >= 0.3 is 12.1 Å². The van der Waals surface area contributed by atoms with Gasteiger partial charge in [0.05, 0.1) is 19.7 Å². The molecule has 2 aliphatic heterocycles. The van der Waals surface area contributed by atoms with Crippen molar-refractivity contribution in [3.8, 4) is 0 Å². The quantitative estimate of drug-likeness (QED) is 0.845. The van der Waals surface area contributed by atoms with Crippen molar-refractivity contribution in [1.29, 1.82) is 0 Å². The Balaban J connectivity index is 1.68. The lowest BCUT2D eigenvalue weighted by Crippen LogP contribution is -2.33. The van der Waals surface area contributed by atoms with Crippen LogP contribution >= 0.6 is 0 Å². The number of esters is 1. The van der Waals surface area contributed by atoms with Crippen molar-refractivity contribution < 1.29 is 23.9 Å². The molecule has 1 aromatic carbocycles. The fraction of sp³-hybridized carbons (Fsp3) is 0.353. The molecule has 1 atom stereocenters. The molecule has 1 saturated heterocycles. The van der Waals surface area contributed by atoms with Crippen LogP contribution in [0.25, 0.3) is 5.57 Å². The monoisotopic (exact) mass is 330 g/mol. The molecule has 1 aromatic rings. The topological polar surface area (TPSA) is 84.9 Å². The van der Waals surface area contributed by atoms with E-state index in [1.807, 2.05) is 24.3 Å². The second kappa shape index (κ2) is 6.74. The zero-order chi connectivity index (χ0) is 17.1. The molecule has 0 aliphatic carbocycles. The van der Waals surface area contributed by atoms with Gasteiger partial charge in [-0.15, -0.1) is 0 Å². The minimum atomic E-state index is -0.432. The first-order chi connectivity index (χ1) is 11.5. The maximum absolute atomic E-state index is 12.0. The number of carbonyl (C=O) groups excluding carboxylic acids is 3. The molecule has 2 heterocycles. The van der Waals surface area contributed by atoms with E-state index >= 15 is 0 Å². The summed E-state index contributed by atoms with van der Waals surface area (Å²) < 4.78 is 10.1. The summed E-state index contributed by atoms with van der Waals surface area (Å²) in [5.41, 5.74) is 2.57. The predicted molar refractivity (Wildman–Crippen MR) is 86.3 cm³/mol. The van der Waals surface area contributed by atoms with Crippen LogP contribution in [-0.2, 0) is 19.1 Å². The van der Waals surface area contributed by atoms with Gasteiger partial charge in [0.15, 0.2) is 0 Å². The Kier molecular flexibility index (Phi) is 4.50. The molecule has 24 heavy (non-hydrogen) atoms. The zero-order valence-electron chi connectivity index (χ0n) is 13.3. The number of amides is 2. The SMILES string of the molecule is CC(=O)NC[C@H]1CN(c2ccc(C3=CC(=O)OCC3)cc2)C(=O)O1. The molecule has 3 rings (SSSR count). The average Bonchev–Trinajstić information content (AvgIpc) is 2.94. The Morgan fingerprint density at radius 1 is 1.29 bits per heavy atom. The molecule has 2 amide bonds. The van der Waals surface area contributed by atoms with Crippen LogP contribution in [0.15, 0.2) is 30.3 Å². The first kappa shape index (κ1) is 16.0. The van der Waals surface area contributed by atoms with Gasteiger partial charge in [0.1, 0.15) is 6.10 Å². The maximum atomic E-state index is 12.0. The maximum Gasteiger partial charge on any atom is 0.414 e. The molecule has 7 nitrogen and oxygen atoms in total. The molecule has 1 N–H and O–H groups in total. The Labute approximate surface area is 139 Å². The third-order valence-electron chi connectivity index (χ3n) is 3.91. The highest BCUT2D eigenvalue weighted by Crippen LogP contribution is 2.26. The minimum absolute atomic E-state index is 0.159. The number of ether oxygens (including phenoxy) is 2. The van der Waals surface area contributed by atoms with Crippen molar-refractivity contribution in [2.75, 3.05) is 24.6 Å². The van der Waals surface area contributed by atoms with Crippen molar-refractivity contribution in [2.24, 2.45) is 0 Å². The summed E-state index contributed by atoms with van der Waals surface area (Å²) in [6, 6.07) is 7.37. The number of carbonyl (C=O) groups is 3. The molecule has 0 saturated carbocycles. The van der Waals surface area contributed by atoms with Gasteiger partial charge in [-0.1, -0.05) is 12.1 Å². The molecule has 0 bridgehead atoms. The van der Waals surface area contributed by atoms with Crippen molar-refractivity contribution in [1.82, 2.24) is 5.32 Å². The Bertz CT molecular complexity index is 695. The first-order valence-corrected chi connectivity index (χ1v) is 7.73. The van der Waals surface area contributed by atoms with Gasteiger partial charge in [-0.2, -0.15) is 0 Å². The number of nitrogens with one attached hydrogen (secondary N) is 1. The van der Waals surface area contributed by atoms with Crippen molar-refractivity contribution in [3.05, 3.63) is 35.9 Å². The molecule has 0 spiro atoms. The first-order valence-electron chi connectivity index (χ1n) is 7.73. The van der Waals surface area contributed by atoms with Crippen LogP contribution in [-0.4, -0.2) is 43.8 Å². The van der Waals surface area contributed by atoms with Crippen LogP contribution in [0.5, 0.6) is 0 Å². The van der Waals surface area contributed by atoms with Crippen molar-refractivity contribution in [3.63, 3.8) is 0 Å². The minimum Gasteiger partial charge on any atom is -0.462 e. The second-order valence-corrected chi connectivity index (χ2v) is 5.69. The summed E-state index contributed by atoms with van der Waals surface area (Å²) in [7, 11) is 0. The third kappa shape index (κ3) is 3.56. The van der Waals surface area contributed by atoms with E-state index in [4.69, 9.17) is 9.47 Å². The number of benzene rings is 1. The van der Waals surface area contributed by atoms with E-state index in [2.05, 4.69) is 5.32 Å². The predicted octanol–water partition coefficient (Wildman–Crippen LogP) is 1.48. The molecule has 2 aliphatic rings. The van der Waals surface area contributed by atoms with Crippen LogP contribution in [0, 0.1) is 0 Å². The highest BCUT2D eigenvalue weighted by Gasteiger charge is 2.32. The fourth-order valence-corrected chi connectivity index (χ4v) is 2.70. The largest absolute Gasteiger partial charge is 0.462 e. The van der Waals surface area contributed by atoms with Crippen LogP contribution < -0.4 is 10.2 Å². The summed E-state index contributed by atoms with van der Waals surface area (Å²) in [5.74, 6) is -0.489. The standard InChI is InChI=1S/C17H18N2O5/c1-11(20)18-9-15-10-19(17(22)24-15)14-4-2-12(3-5-14)13-6-7-23-16(21)8-13/h2-5,8,15H,6-7,9-10H2,1H3,(H,18,20)/t15-/m0/s1. The van der Waals surface area contributed by atoms with Crippen LogP contribution in [0.2, 0.25) is 0 Å². The number of hydrogen-bond donors (Lipinski definition) is 1. The zero-order valence-corrected chi connectivity index (χ0v) is 13.3. The molecule has 1 fully saturated rings. The number of nitrogens with zero attached hydrogens (tertiary/aromatic N) is 1. The normalized spacial score (nSPS) is 20.3. The van der Waals surface area contributed by atoms with E-state index in [1.165, 1.54) is 17.9 Å². The number of cyclic esters (lactones) is 2. The lowest BCUT2D eigenvalue weighted by atomic mass is 10.0. The van der Waals surface area contributed by atoms with Gasteiger partial charge in [-0.05, 0) is 23.3 Å². The Morgan fingerprint density at radius 3 is 2.71 bits per heavy atom. The Morgan fingerprint density at radius 2 is 2.04 bits per heavy atom. The second-order valence-electron chi connectivity index (χ2n) is 5.69. The number of anilines is 1. The average molecular weight is 330 g/mol. The smallest absolute Gasteiger partial charge is 0.414 e. The number of rotatable bonds is 4. The van der Waals surface area contributed by atoms with E-state index in [-0.39, 0.29) is 18.0 Å².